The first-order valence-electron chi connectivity index (χ1n) is 6.70. The van der Waals surface area contributed by atoms with Crippen LogP contribution >= 0.6 is 0 Å². The Hall–Kier alpha value is -1.78. The predicted octanol–water partition coefficient (Wildman–Crippen LogP) is 3.13. The van der Waals surface area contributed by atoms with Gasteiger partial charge in [-0.05, 0) is 12.8 Å². The molecule has 0 amide bonds. The van der Waals surface area contributed by atoms with Crippen molar-refractivity contribution >= 4 is 5.97 Å². The third-order valence-electron chi connectivity index (χ3n) is 4.08. The molecule has 1 aliphatic rings. The van der Waals surface area contributed by atoms with Crippen LogP contribution in [0.1, 0.15) is 37.7 Å². The number of carboxylic acid groups (broad SMARTS) is 1. The Morgan fingerprint density at radius 3 is 2.35 bits per heavy atom. The summed E-state index contributed by atoms with van der Waals surface area (Å²) >= 11 is 0. The van der Waals surface area contributed by atoms with Crippen molar-refractivity contribution in [3.8, 4) is 11.5 Å². The monoisotopic (exact) mass is 282 g/mol. The molecule has 0 bridgehead atoms. The molecular formula is C15H19FO4. The van der Waals surface area contributed by atoms with E-state index >= 15 is 0 Å². The largest absolute Gasteiger partial charge is 0.497 e. The molecule has 5 heteroatoms. The van der Waals surface area contributed by atoms with E-state index in [0.717, 1.165) is 19.3 Å². The summed E-state index contributed by atoms with van der Waals surface area (Å²) < 4.78 is 24.7. The van der Waals surface area contributed by atoms with Gasteiger partial charge in [-0.3, -0.25) is 4.79 Å². The lowest BCUT2D eigenvalue weighted by Gasteiger charge is -2.34. The molecule has 0 saturated heterocycles. The van der Waals surface area contributed by atoms with Crippen LogP contribution in [0.25, 0.3) is 0 Å². The fourth-order valence-electron chi connectivity index (χ4n) is 3.03. The number of hydrogen-bond acceptors (Lipinski definition) is 3. The van der Waals surface area contributed by atoms with Gasteiger partial charge in [-0.15, -0.1) is 0 Å². The minimum absolute atomic E-state index is 0.146. The van der Waals surface area contributed by atoms with Gasteiger partial charge in [-0.1, -0.05) is 19.3 Å². The Kier molecular flexibility index (Phi) is 4.16. The molecule has 0 aromatic heterocycles. The van der Waals surface area contributed by atoms with Gasteiger partial charge in [0.2, 0.25) is 0 Å². The molecule has 110 valence electrons. The average Bonchev–Trinajstić information content (AvgIpc) is 2.46. The Labute approximate surface area is 117 Å². The van der Waals surface area contributed by atoms with Gasteiger partial charge in [-0.2, -0.15) is 0 Å². The number of ether oxygens (including phenoxy) is 2. The van der Waals surface area contributed by atoms with Crippen LogP contribution in [0.4, 0.5) is 4.39 Å². The van der Waals surface area contributed by atoms with Crippen molar-refractivity contribution in [3.05, 3.63) is 23.5 Å². The number of aliphatic carboxylic acids is 1. The SMILES string of the molecule is COc1cc(F)c(C2(C(=O)O)CCCCC2)c(OC)c1. The summed E-state index contributed by atoms with van der Waals surface area (Å²) in [6.45, 7) is 0. The van der Waals surface area contributed by atoms with Crippen molar-refractivity contribution in [1.82, 2.24) is 0 Å². The number of carboxylic acids is 1. The summed E-state index contributed by atoms with van der Waals surface area (Å²) in [4.78, 5) is 11.8. The molecule has 1 N–H and O–H groups in total. The lowest BCUT2D eigenvalue weighted by atomic mass is 9.69. The quantitative estimate of drug-likeness (QED) is 0.921. The van der Waals surface area contributed by atoms with Crippen LogP contribution in [0.5, 0.6) is 11.5 Å². The number of rotatable bonds is 4. The van der Waals surface area contributed by atoms with E-state index in [1.54, 1.807) is 0 Å². The highest BCUT2D eigenvalue weighted by atomic mass is 19.1. The number of benzene rings is 1. The van der Waals surface area contributed by atoms with E-state index in [1.807, 2.05) is 0 Å². The Morgan fingerprint density at radius 1 is 1.20 bits per heavy atom. The van der Waals surface area contributed by atoms with E-state index < -0.39 is 17.2 Å². The van der Waals surface area contributed by atoms with Crippen molar-refractivity contribution < 1.29 is 23.8 Å². The first kappa shape index (κ1) is 14.6. The summed E-state index contributed by atoms with van der Waals surface area (Å²) in [5.74, 6) is -1.00. The smallest absolute Gasteiger partial charge is 0.314 e. The minimum atomic E-state index is -1.19. The van der Waals surface area contributed by atoms with Crippen LogP contribution in [0, 0.1) is 5.82 Å². The number of methoxy groups -OCH3 is 2. The van der Waals surface area contributed by atoms with Crippen LogP contribution in [0.3, 0.4) is 0 Å². The first-order chi connectivity index (χ1) is 9.55. The zero-order valence-electron chi connectivity index (χ0n) is 11.7. The number of halogens is 1. The van der Waals surface area contributed by atoms with Gasteiger partial charge in [-0.25, -0.2) is 4.39 Å². The normalized spacial score (nSPS) is 17.6. The van der Waals surface area contributed by atoms with Crippen molar-refractivity contribution in [2.75, 3.05) is 14.2 Å². The maximum atomic E-state index is 14.5. The molecule has 1 aliphatic carbocycles. The molecule has 0 unspecified atom stereocenters. The van der Waals surface area contributed by atoms with Crippen molar-refractivity contribution in [2.45, 2.75) is 37.5 Å². The number of hydrogen-bond donors (Lipinski definition) is 1. The molecule has 1 aromatic carbocycles. The van der Waals surface area contributed by atoms with Gasteiger partial charge in [0.05, 0.1) is 19.6 Å². The van der Waals surface area contributed by atoms with Crippen molar-refractivity contribution in [3.63, 3.8) is 0 Å². The molecule has 1 fully saturated rings. The maximum absolute atomic E-state index is 14.5. The highest BCUT2D eigenvalue weighted by Gasteiger charge is 2.45. The third kappa shape index (κ3) is 2.32. The molecule has 0 heterocycles. The molecular weight excluding hydrogens is 263 g/mol. The van der Waals surface area contributed by atoms with Crippen molar-refractivity contribution in [1.29, 1.82) is 0 Å². The third-order valence-corrected chi connectivity index (χ3v) is 4.08. The second-order valence-corrected chi connectivity index (χ2v) is 5.13. The predicted molar refractivity (Wildman–Crippen MR) is 71.9 cm³/mol. The van der Waals surface area contributed by atoms with Crippen LogP contribution < -0.4 is 9.47 Å². The van der Waals surface area contributed by atoms with Gasteiger partial charge >= 0.3 is 5.97 Å². The summed E-state index contributed by atoms with van der Waals surface area (Å²) in [6.07, 6.45) is 3.40. The molecule has 2 rings (SSSR count). The molecule has 1 saturated carbocycles. The van der Waals surface area contributed by atoms with E-state index in [4.69, 9.17) is 9.47 Å². The molecule has 20 heavy (non-hydrogen) atoms. The summed E-state index contributed by atoms with van der Waals surface area (Å²) in [6, 6.07) is 2.76. The first-order valence-corrected chi connectivity index (χ1v) is 6.70. The highest BCUT2D eigenvalue weighted by Crippen LogP contribution is 2.46. The van der Waals surface area contributed by atoms with Gasteiger partial charge < -0.3 is 14.6 Å². The second-order valence-electron chi connectivity index (χ2n) is 5.13. The fraction of sp³-hybridized carbons (Fsp3) is 0.533. The van der Waals surface area contributed by atoms with E-state index in [0.29, 0.717) is 18.6 Å². The van der Waals surface area contributed by atoms with Crippen LogP contribution in [-0.2, 0) is 10.2 Å². The van der Waals surface area contributed by atoms with Crippen LogP contribution in [0.2, 0.25) is 0 Å². The fourth-order valence-corrected chi connectivity index (χ4v) is 3.03. The zero-order valence-corrected chi connectivity index (χ0v) is 11.7. The van der Waals surface area contributed by atoms with Crippen LogP contribution in [0.15, 0.2) is 12.1 Å². The molecule has 0 atom stereocenters. The zero-order chi connectivity index (χ0) is 14.8. The molecule has 0 spiro atoms. The Balaban J connectivity index is 2.61. The molecule has 4 nitrogen and oxygen atoms in total. The van der Waals surface area contributed by atoms with Gasteiger partial charge in [0.15, 0.2) is 0 Å². The van der Waals surface area contributed by atoms with E-state index in [1.165, 1.54) is 26.4 Å². The standard InChI is InChI=1S/C15H19FO4/c1-19-10-8-11(16)13(12(9-10)20-2)15(14(17)18)6-4-3-5-7-15/h8-9H,3-7H2,1-2H3,(H,17,18). The van der Waals surface area contributed by atoms with Crippen molar-refractivity contribution in [2.24, 2.45) is 0 Å². The summed E-state index contributed by atoms with van der Waals surface area (Å²) in [5, 5.41) is 9.66. The maximum Gasteiger partial charge on any atom is 0.314 e. The van der Waals surface area contributed by atoms with Crippen LogP contribution in [-0.4, -0.2) is 25.3 Å². The summed E-state index contributed by atoms with van der Waals surface area (Å²) in [5.41, 5.74) is -1.05. The minimum Gasteiger partial charge on any atom is -0.497 e. The topological polar surface area (TPSA) is 55.8 Å². The second kappa shape index (κ2) is 5.69. The van der Waals surface area contributed by atoms with E-state index in [9.17, 15) is 14.3 Å². The molecule has 1 aromatic rings. The molecule has 0 radical (unpaired) electrons. The van der Waals surface area contributed by atoms with Gasteiger partial charge in [0.25, 0.3) is 0 Å². The van der Waals surface area contributed by atoms with E-state index in [2.05, 4.69) is 0 Å². The Morgan fingerprint density at radius 2 is 1.85 bits per heavy atom. The van der Waals surface area contributed by atoms with Gasteiger partial charge in [0.1, 0.15) is 17.3 Å². The molecule has 0 aliphatic heterocycles. The Bertz CT molecular complexity index is 507. The average molecular weight is 282 g/mol. The summed E-state index contributed by atoms with van der Waals surface area (Å²) in [7, 11) is 2.84. The lowest BCUT2D eigenvalue weighted by molar-refractivity contribution is -0.145. The van der Waals surface area contributed by atoms with Gasteiger partial charge in [0, 0.05) is 17.7 Å². The number of carbonyl (C=O) groups is 1. The van der Waals surface area contributed by atoms with E-state index in [-0.39, 0.29) is 11.3 Å². The lowest BCUT2D eigenvalue weighted by Crippen LogP contribution is -2.39. The highest BCUT2D eigenvalue weighted by molar-refractivity contribution is 5.83.